The number of carbonyl (C=O) groups is 3. The molecule has 52 heavy (non-hydrogen) atoms. The summed E-state index contributed by atoms with van der Waals surface area (Å²) in [5.74, 6) is -0.197. The zero-order chi connectivity index (χ0) is 36.5. The lowest BCUT2D eigenvalue weighted by Gasteiger charge is -2.36. The van der Waals surface area contributed by atoms with Crippen molar-refractivity contribution >= 4 is 40.1 Å². The van der Waals surface area contributed by atoms with Crippen molar-refractivity contribution in [2.24, 2.45) is 5.92 Å². The highest BCUT2D eigenvalue weighted by Crippen LogP contribution is 2.40. The maximum Gasteiger partial charge on any atom is 0.303 e. The van der Waals surface area contributed by atoms with Gasteiger partial charge in [-0.2, -0.15) is 0 Å². The number of carboxylic acid groups (broad SMARTS) is 1. The predicted octanol–water partition coefficient (Wildman–Crippen LogP) is 5.97. The second-order valence-corrected chi connectivity index (χ2v) is 14.0. The second kappa shape index (κ2) is 14.8. The zero-order valence-electron chi connectivity index (χ0n) is 30.0. The van der Waals surface area contributed by atoms with Gasteiger partial charge in [0.1, 0.15) is 5.82 Å². The van der Waals surface area contributed by atoms with Gasteiger partial charge in [-0.25, -0.2) is 9.37 Å². The van der Waals surface area contributed by atoms with Crippen LogP contribution in [0, 0.1) is 18.7 Å². The van der Waals surface area contributed by atoms with Gasteiger partial charge in [0.2, 0.25) is 5.91 Å². The lowest BCUT2D eigenvalue weighted by molar-refractivity contribution is -0.140. The van der Waals surface area contributed by atoms with Crippen LogP contribution in [0.4, 0.5) is 10.2 Å². The van der Waals surface area contributed by atoms with Crippen LogP contribution in [-0.4, -0.2) is 93.6 Å². The van der Waals surface area contributed by atoms with Gasteiger partial charge in [-0.3, -0.25) is 19.4 Å². The van der Waals surface area contributed by atoms with Crippen LogP contribution in [-0.2, 0) is 22.6 Å². The number of methoxy groups -OCH3 is 1. The van der Waals surface area contributed by atoms with Crippen LogP contribution in [0.2, 0.25) is 0 Å². The molecule has 7 rings (SSSR count). The standard InChI is InChI=1S/C40H45FN6O5/c1-4-33-31(10-7-25(2)43-33)32-19-29(40(51)45-16-14-44(15-17-45)39-35(52-3)21-30(41)22-42-39)18-28-20-34(47(38(28)32)23-26-8-9-26)27-6-5-13-46(24-27)36(48)11-12-37(49)50/h6-7,10,18-22,26H,4-5,8-9,11-17,23-24H2,1-3H3,(H,49,50). The number of carboxylic acids is 1. The van der Waals surface area contributed by atoms with E-state index in [1.54, 1.807) is 4.90 Å². The van der Waals surface area contributed by atoms with Crippen molar-refractivity contribution in [3.63, 3.8) is 0 Å². The first-order valence-electron chi connectivity index (χ1n) is 18.2. The molecule has 5 heterocycles. The molecule has 1 saturated heterocycles. The molecule has 0 unspecified atom stereocenters. The normalized spacial score (nSPS) is 16.3. The summed E-state index contributed by atoms with van der Waals surface area (Å²) in [6.07, 6.45) is 6.89. The third kappa shape index (κ3) is 7.24. The number of nitrogens with zero attached hydrogens (tertiary/aromatic N) is 6. The summed E-state index contributed by atoms with van der Waals surface area (Å²) in [7, 11) is 1.49. The van der Waals surface area contributed by atoms with Crippen molar-refractivity contribution in [1.82, 2.24) is 24.3 Å². The van der Waals surface area contributed by atoms with Crippen molar-refractivity contribution in [3.05, 3.63) is 77.1 Å². The van der Waals surface area contributed by atoms with Gasteiger partial charge in [0, 0.05) is 97.5 Å². The molecular formula is C40H45FN6O5. The topological polar surface area (TPSA) is 121 Å². The number of benzene rings is 1. The molecule has 0 spiro atoms. The van der Waals surface area contributed by atoms with Gasteiger partial charge in [-0.05, 0) is 68.4 Å². The molecule has 2 amide bonds. The Hall–Kier alpha value is -5.26. The van der Waals surface area contributed by atoms with Gasteiger partial charge < -0.3 is 29.1 Å². The number of fused-ring (bicyclic) bond motifs is 1. The lowest BCUT2D eigenvalue weighted by atomic mass is 9.96. The maximum atomic E-state index is 14.4. The number of hydrogen-bond donors (Lipinski definition) is 1. The number of ether oxygens (including phenoxy) is 1. The Kier molecular flexibility index (Phi) is 9.98. The number of hydrogen-bond acceptors (Lipinski definition) is 7. The number of pyridine rings is 2. The number of aryl methyl sites for hydroxylation is 2. The first kappa shape index (κ1) is 35.2. The van der Waals surface area contributed by atoms with Crippen LogP contribution in [0.5, 0.6) is 5.75 Å². The van der Waals surface area contributed by atoms with Crippen molar-refractivity contribution in [3.8, 4) is 16.9 Å². The molecule has 1 saturated carbocycles. The monoisotopic (exact) mass is 708 g/mol. The average molecular weight is 709 g/mol. The minimum absolute atomic E-state index is 0.0221. The predicted molar refractivity (Wildman–Crippen MR) is 197 cm³/mol. The third-order valence-electron chi connectivity index (χ3n) is 10.4. The second-order valence-electron chi connectivity index (χ2n) is 14.0. The largest absolute Gasteiger partial charge is 0.493 e. The summed E-state index contributed by atoms with van der Waals surface area (Å²) in [6.45, 7) is 7.85. The van der Waals surface area contributed by atoms with E-state index in [-0.39, 0.29) is 24.7 Å². The molecule has 3 aliphatic rings. The number of halogens is 1. The van der Waals surface area contributed by atoms with E-state index in [9.17, 15) is 18.8 Å². The van der Waals surface area contributed by atoms with Crippen LogP contribution >= 0.6 is 0 Å². The summed E-state index contributed by atoms with van der Waals surface area (Å²) < 4.78 is 21.6. The van der Waals surface area contributed by atoms with Crippen molar-refractivity contribution in [2.75, 3.05) is 51.3 Å². The summed E-state index contributed by atoms with van der Waals surface area (Å²) >= 11 is 0. The molecule has 3 aromatic heterocycles. The van der Waals surface area contributed by atoms with Gasteiger partial charge in [0.05, 0.1) is 25.2 Å². The Labute approximate surface area is 302 Å². The summed E-state index contributed by atoms with van der Waals surface area (Å²) in [6, 6.07) is 11.6. The fourth-order valence-corrected chi connectivity index (χ4v) is 7.50. The molecule has 1 N–H and O–H groups in total. The number of amides is 2. The van der Waals surface area contributed by atoms with E-state index < -0.39 is 11.8 Å². The van der Waals surface area contributed by atoms with Crippen LogP contribution in [0.15, 0.2) is 48.7 Å². The van der Waals surface area contributed by atoms with E-state index in [0.29, 0.717) is 68.7 Å². The number of rotatable bonds is 11. The number of carbonyl (C=O) groups excluding carboxylic acids is 2. The van der Waals surface area contributed by atoms with E-state index in [1.165, 1.54) is 19.4 Å². The van der Waals surface area contributed by atoms with Crippen molar-refractivity contribution in [2.45, 2.75) is 58.9 Å². The number of aromatic nitrogens is 3. The number of piperazine rings is 1. The van der Waals surface area contributed by atoms with Crippen LogP contribution in [0.25, 0.3) is 27.6 Å². The number of anilines is 1. The van der Waals surface area contributed by atoms with Crippen LogP contribution in [0.1, 0.15) is 66.5 Å². The molecule has 0 atom stereocenters. The van der Waals surface area contributed by atoms with Gasteiger partial charge in [-0.15, -0.1) is 0 Å². The molecule has 12 heteroatoms. The minimum Gasteiger partial charge on any atom is -0.493 e. The minimum atomic E-state index is -0.979. The SMILES string of the molecule is CCc1nc(C)ccc1-c1cc(C(=O)N2CCN(c3ncc(F)cc3OC)CC2)cc2cc(C3=CCCN(C(=O)CCC(=O)O)C3)n(CC3CC3)c12. The van der Waals surface area contributed by atoms with Gasteiger partial charge in [-0.1, -0.05) is 19.1 Å². The summed E-state index contributed by atoms with van der Waals surface area (Å²) in [4.78, 5) is 53.4. The highest BCUT2D eigenvalue weighted by molar-refractivity contribution is 6.05. The lowest BCUT2D eigenvalue weighted by Crippen LogP contribution is -2.49. The zero-order valence-corrected chi connectivity index (χ0v) is 30.0. The number of aliphatic carboxylic acids is 1. The quantitative estimate of drug-likeness (QED) is 0.203. The molecule has 1 aliphatic carbocycles. The fraction of sp³-hybridized carbons (Fsp3) is 0.425. The Morgan fingerprint density at radius 3 is 2.48 bits per heavy atom. The van der Waals surface area contributed by atoms with Gasteiger partial charge >= 0.3 is 5.97 Å². The van der Waals surface area contributed by atoms with Crippen LogP contribution in [0.3, 0.4) is 0 Å². The molecule has 272 valence electrons. The van der Waals surface area contributed by atoms with E-state index >= 15 is 0 Å². The molecular weight excluding hydrogens is 663 g/mol. The summed E-state index contributed by atoms with van der Waals surface area (Å²) in [5, 5.41) is 10.1. The smallest absolute Gasteiger partial charge is 0.303 e. The van der Waals surface area contributed by atoms with Gasteiger partial charge in [0.25, 0.3) is 5.91 Å². The average Bonchev–Trinajstić information content (AvgIpc) is 3.91. The third-order valence-corrected chi connectivity index (χ3v) is 10.4. The Balaban J connectivity index is 1.27. The van der Waals surface area contributed by atoms with E-state index in [4.69, 9.17) is 14.8 Å². The van der Waals surface area contributed by atoms with Crippen molar-refractivity contribution in [1.29, 1.82) is 0 Å². The summed E-state index contributed by atoms with van der Waals surface area (Å²) in [5.41, 5.74) is 7.55. The molecule has 2 fully saturated rings. The molecule has 2 aliphatic heterocycles. The first-order chi connectivity index (χ1) is 25.1. The molecule has 11 nitrogen and oxygen atoms in total. The highest BCUT2D eigenvalue weighted by Gasteiger charge is 2.30. The molecule has 4 aromatic rings. The Bertz CT molecular complexity index is 2060. The molecule has 1 aromatic carbocycles. The first-order valence-corrected chi connectivity index (χ1v) is 18.2. The molecule has 0 bridgehead atoms. The molecule has 0 radical (unpaired) electrons. The fourth-order valence-electron chi connectivity index (χ4n) is 7.50. The van der Waals surface area contributed by atoms with E-state index in [0.717, 1.165) is 70.5 Å². The Morgan fingerprint density at radius 2 is 1.77 bits per heavy atom. The van der Waals surface area contributed by atoms with Crippen molar-refractivity contribution < 1.29 is 28.6 Å². The Morgan fingerprint density at radius 1 is 0.981 bits per heavy atom. The van der Waals surface area contributed by atoms with E-state index in [2.05, 4.69) is 34.7 Å². The van der Waals surface area contributed by atoms with Gasteiger partial charge in [0.15, 0.2) is 11.6 Å². The van der Waals surface area contributed by atoms with E-state index in [1.807, 2.05) is 34.9 Å². The van der Waals surface area contributed by atoms with Crippen LogP contribution < -0.4 is 9.64 Å². The highest BCUT2D eigenvalue weighted by atomic mass is 19.1. The maximum absolute atomic E-state index is 14.4.